The third kappa shape index (κ3) is 4.76. The van der Waals surface area contributed by atoms with Crippen LogP contribution in [0.25, 0.3) is 11.3 Å². The molecule has 1 aliphatic rings. The summed E-state index contributed by atoms with van der Waals surface area (Å²) in [5.74, 6) is -0.604. The number of benzene rings is 1. The molecule has 0 spiro atoms. The Morgan fingerprint density at radius 2 is 1.96 bits per heavy atom. The van der Waals surface area contributed by atoms with Gasteiger partial charge in [-0.25, -0.2) is 4.98 Å². The minimum atomic E-state index is -4.83. The number of phenols is 1. The number of aryl methyl sites for hydroxylation is 1. The highest BCUT2D eigenvalue weighted by molar-refractivity contribution is 5.69. The van der Waals surface area contributed by atoms with Gasteiger partial charge in [-0.1, -0.05) is 12.8 Å². The molecular formula is C17H20F3N5O2. The van der Waals surface area contributed by atoms with Crippen LogP contribution < -0.4 is 15.8 Å². The Kier molecular flexibility index (Phi) is 5.36. The van der Waals surface area contributed by atoms with Crippen molar-refractivity contribution < 1.29 is 23.0 Å². The molecule has 4 N–H and O–H groups in total. The zero-order valence-corrected chi connectivity index (χ0v) is 14.6. The Morgan fingerprint density at radius 1 is 1.22 bits per heavy atom. The predicted molar refractivity (Wildman–Crippen MR) is 92.2 cm³/mol. The van der Waals surface area contributed by atoms with Crippen LogP contribution in [0.2, 0.25) is 0 Å². The lowest BCUT2D eigenvalue weighted by Gasteiger charge is -2.29. The van der Waals surface area contributed by atoms with Crippen molar-refractivity contribution in [1.29, 1.82) is 0 Å². The molecule has 0 radical (unpaired) electrons. The van der Waals surface area contributed by atoms with Crippen molar-refractivity contribution in [1.82, 2.24) is 15.2 Å². The molecule has 0 unspecified atom stereocenters. The average molecular weight is 383 g/mol. The van der Waals surface area contributed by atoms with Gasteiger partial charge >= 0.3 is 6.36 Å². The van der Waals surface area contributed by atoms with Crippen molar-refractivity contribution in [3.8, 4) is 22.8 Å². The molecule has 2 atom stereocenters. The van der Waals surface area contributed by atoms with Crippen LogP contribution in [-0.2, 0) is 0 Å². The van der Waals surface area contributed by atoms with Gasteiger partial charge < -0.3 is 20.9 Å². The summed E-state index contributed by atoms with van der Waals surface area (Å²) in [6.45, 7) is 1.68. The van der Waals surface area contributed by atoms with E-state index in [0.29, 0.717) is 11.6 Å². The molecule has 10 heteroatoms. The molecule has 146 valence electrons. The molecule has 0 aliphatic heterocycles. The standard InChI is InChI=1S/C17H20F3N5O2/c1-9-15(11-7-6-10(8-14(11)26)27-17(18,19)20)24-25-16(22-9)23-13-5-3-2-4-12(13)21/h6-8,12-13,26H,2-5,21H2,1H3,(H,22,23,25)/t12-,13-/m1/s1. The molecule has 0 amide bonds. The maximum atomic E-state index is 12.3. The number of anilines is 1. The Morgan fingerprint density at radius 3 is 2.59 bits per heavy atom. The van der Waals surface area contributed by atoms with E-state index in [2.05, 4.69) is 25.2 Å². The topological polar surface area (TPSA) is 106 Å². The fraction of sp³-hybridized carbons (Fsp3) is 0.471. The third-order valence-corrected chi connectivity index (χ3v) is 4.45. The number of hydrogen-bond acceptors (Lipinski definition) is 7. The van der Waals surface area contributed by atoms with Crippen molar-refractivity contribution in [2.75, 3.05) is 5.32 Å². The predicted octanol–water partition coefficient (Wildman–Crippen LogP) is 3.13. The van der Waals surface area contributed by atoms with Crippen molar-refractivity contribution in [3.05, 3.63) is 23.9 Å². The molecule has 1 aromatic heterocycles. The summed E-state index contributed by atoms with van der Waals surface area (Å²) in [5.41, 5.74) is 7.05. The molecule has 1 saturated carbocycles. The molecule has 27 heavy (non-hydrogen) atoms. The lowest BCUT2D eigenvalue weighted by Crippen LogP contribution is -2.43. The van der Waals surface area contributed by atoms with E-state index in [1.165, 1.54) is 6.07 Å². The van der Waals surface area contributed by atoms with Crippen molar-refractivity contribution in [2.45, 2.75) is 51.1 Å². The van der Waals surface area contributed by atoms with E-state index in [9.17, 15) is 18.3 Å². The lowest BCUT2D eigenvalue weighted by atomic mass is 9.91. The number of hydrogen-bond donors (Lipinski definition) is 3. The van der Waals surface area contributed by atoms with E-state index in [0.717, 1.165) is 37.8 Å². The normalized spacial score (nSPS) is 20.3. The Hall–Kier alpha value is -2.62. The number of ether oxygens (including phenoxy) is 1. The number of aromatic hydroxyl groups is 1. The Bertz CT molecular complexity index is 816. The minimum absolute atomic E-state index is 0.0209. The van der Waals surface area contributed by atoms with Gasteiger partial charge in [0, 0.05) is 23.7 Å². The number of halogens is 3. The van der Waals surface area contributed by atoms with Crippen LogP contribution in [0, 0.1) is 6.92 Å². The van der Waals surface area contributed by atoms with Gasteiger partial charge in [0.25, 0.3) is 0 Å². The van der Waals surface area contributed by atoms with E-state index < -0.39 is 17.9 Å². The SMILES string of the molecule is Cc1nc(N[C@@H]2CCCC[C@H]2N)nnc1-c1ccc(OC(F)(F)F)cc1O. The maximum Gasteiger partial charge on any atom is 0.573 e. The largest absolute Gasteiger partial charge is 0.573 e. The van der Waals surface area contributed by atoms with Gasteiger partial charge in [0.2, 0.25) is 5.95 Å². The molecule has 1 heterocycles. The van der Waals surface area contributed by atoms with Crippen LogP contribution in [0.3, 0.4) is 0 Å². The van der Waals surface area contributed by atoms with E-state index >= 15 is 0 Å². The second-order valence-corrected chi connectivity index (χ2v) is 6.50. The quantitative estimate of drug-likeness (QED) is 0.745. The zero-order valence-electron chi connectivity index (χ0n) is 14.6. The first-order chi connectivity index (χ1) is 12.7. The minimum Gasteiger partial charge on any atom is -0.507 e. The molecule has 1 aliphatic carbocycles. The highest BCUT2D eigenvalue weighted by Gasteiger charge is 2.31. The van der Waals surface area contributed by atoms with Gasteiger partial charge in [-0.3, -0.25) is 0 Å². The first-order valence-electron chi connectivity index (χ1n) is 8.55. The molecule has 1 aromatic carbocycles. The van der Waals surface area contributed by atoms with E-state index in [1.807, 2.05) is 0 Å². The van der Waals surface area contributed by atoms with Gasteiger partial charge in [0.1, 0.15) is 17.2 Å². The third-order valence-electron chi connectivity index (χ3n) is 4.45. The number of aromatic nitrogens is 3. The van der Waals surface area contributed by atoms with Crippen molar-refractivity contribution in [3.63, 3.8) is 0 Å². The number of nitrogens with zero attached hydrogens (tertiary/aromatic N) is 3. The number of phenolic OH excluding ortho intramolecular Hbond substituents is 1. The molecule has 1 fully saturated rings. The molecule has 0 bridgehead atoms. The molecule has 2 aromatic rings. The molecule has 7 nitrogen and oxygen atoms in total. The maximum absolute atomic E-state index is 12.3. The number of nitrogens with one attached hydrogen (secondary N) is 1. The lowest BCUT2D eigenvalue weighted by molar-refractivity contribution is -0.274. The highest BCUT2D eigenvalue weighted by atomic mass is 19.4. The van der Waals surface area contributed by atoms with Crippen LogP contribution in [0.1, 0.15) is 31.4 Å². The molecular weight excluding hydrogens is 363 g/mol. The summed E-state index contributed by atoms with van der Waals surface area (Å²) in [7, 11) is 0. The summed E-state index contributed by atoms with van der Waals surface area (Å²) in [6.07, 6.45) is -0.798. The second kappa shape index (κ2) is 7.55. The van der Waals surface area contributed by atoms with Crippen LogP contribution >= 0.6 is 0 Å². The fourth-order valence-electron chi connectivity index (χ4n) is 3.13. The summed E-state index contributed by atoms with van der Waals surface area (Å²) in [4.78, 5) is 4.34. The van der Waals surface area contributed by atoms with E-state index in [1.54, 1.807) is 6.92 Å². The van der Waals surface area contributed by atoms with Crippen molar-refractivity contribution in [2.24, 2.45) is 5.73 Å². The zero-order chi connectivity index (χ0) is 19.6. The highest BCUT2D eigenvalue weighted by Crippen LogP contribution is 2.34. The summed E-state index contributed by atoms with van der Waals surface area (Å²) >= 11 is 0. The van der Waals surface area contributed by atoms with Gasteiger partial charge in [0.05, 0.1) is 5.69 Å². The summed E-state index contributed by atoms with van der Waals surface area (Å²) in [5, 5.41) is 21.3. The smallest absolute Gasteiger partial charge is 0.507 e. The van der Waals surface area contributed by atoms with Gasteiger partial charge in [-0.05, 0) is 31.9 Å². The van der Waals surface area contributed by atoms with E-state index in [4.69, 9.17) is 5.73 Å². The number of rotatable bonds is 4. The van der Waals surface area contributed by atoms with Crippen LogP contribution in [0.4, 0.5) is 19.1 Å². The first-order valence-corrected chi connectivity index (χ1v) is 8.55. The van der Waals surface area contributed by atoms with Crippen molar-refractivity contribution >= 4 is 5.95 Å². The molecule has 3 rings (SSSR count). The van der Waals surface area contributed by atoms with E-state index in [-0.39, 0.29) is 23.3 Å². The van der Waals surface area contributed by atoms with Gasteiger partial charge in [-0.15, -0.1) is 23.4 Å². The monoisotopic (exact) mass is 383 g/mol. The van der Waals surface area contributed by atoms with Gasteiger partial charge in [0.15, 0.2) is 0 Å². The summed E-state index contributed by atoms with van der Waals surface area (Å²) < 4.78 is 40.6. The van der Waals surface area contributed by atoms with Crippen LogP contribution in [0.15, 0.2) is 18.2 Å². The first kappa shape index (κ1) is 19.2. The second-order valence-electron chi connectivity index (χ2n) is 6.50. The number of alkyl halides is 3. The average Bonchev–Trinajstić information content (AvgIpc) is 2.57. The number of nitrogens with two attached hydrogens (primary N) is 1. The Labute approximate surface area is 153 Å². The van der Waals surface area contributed by atoms with Gasteiger partial charge in [-0.2, -0.15) is 0 Å². The van der Waals surface area contributed by atoms with Crippen LogP contribution in [0.5, 0.6) is 11.5 Å². The molecule has 0 saturated heterocycles. The van der Waals surface area contributed by atoms with Crippen LogP contribution in [-0.4, -0.2) is 38.7 Å². The summed E-state index contributed by atoms with van der Waals surface area (Å²) in [6, 6.07) is 3.33. The Balaban J connectivity index is 1.79. The fourth-order valence-corrected chi connectivity index (χ4v) is 3.13.